The fourth-order valence-electron chi connectivity index (χ4n) is 1.55. The summed E-state index contributed by atoms with van der Waals surface area (Å²) in [6.07, 6.45) is 0.597. The number of carbonyl (C=O) groups is 2. The Morgan fingerprint density at radius 3 is 2.56 bits per heavy atom. The van der Waals surface area contributed by atoms with Crippen LogP contribution in [0.1, 0.15) is 18.4 Å². The van der Waals surface area contributed by atoms with Gasteiger partial charge < -0.3 is 9.53 Å². The first-order chi connectivity index (χ1) is 7.61. The molecule has 16 heavy (non-hydrogen) atoms. The number of methoxy groups -OCH3 is 1. The lowest BCUT2D eigenvalue weighted by Gasteiger charge is -2.17. The Morgan fingerprint density at radius 1 is 1.44 bits per heavy atom. The van der Waals surface area contributed by atoms with Crippen LogP contribution < -0.4 is 0 Å². The maximum Gasteiger partial charge on any atom is 0.316 e. The van der Waals surface area contributed by atoms with E-state index in [9.17, 15) is 9.59 Å². The second-order valence-electron chi connectivity index (χ2n) is 3.50. The topological polar surface area (TPSA) is 43.4 Å². The Morgan fingerprint density at radius 2 is 2.06 bits per heavy atom. The zero-order valence-electron chi connectivity index (χ0n) is 9.14. The van der Waals surface area contributed by atoms with E-state index in [2.05, 4.69) is 4.74 Å². The molecule has 0 heterocycles. The molecule has 86 valence electrons. The van der Waals surface area contributed by atoms with Crippen molar-refractivity contribution >= 4 is 23.9 Å². The van der Waals surface area contributed by atoms with Crippen molar-refractivity contribution in [1.82, 2.24) is 0 Å². The van der Waals surface area contributed by atoms with Crippen LogP contribution in [0.4, 0.5) is 0 Å². The summed E-state index contributed by atoms with van der Waals surface area (Å²) < 4.78 is 4.57. The molecule has 0 fully saturated rings. The molecule has 0 spiro atoms. The number of aldehydes is 1. The molecule has 1 aromatic carbocycles. The molecular formula is C12H13ClO3. The average molecular weight is 241 g/mol. The van der Waals surface area contributed by atoms with Crippen LogP contribution in [0, 0.1) is 5.92 Å². The van der Waals surface area contributed by atoms with Gasteiger partial charge >= 0.3 is 5.97 Å². The Balaban J connectivity index is 3.00. The van der Waals surface area contributed by atoms with E-state index in [0.29, 0.717) is 11.3 Å². The van der Waals surface area contributed by atoms with Gasteiger partial charge in [-0.25, -0.2) is 0 Å². The van der Waals surface area contributed by atoms with Crippen LogP contribution in [0.5, 0.6) is 0 Å². The van der Waals surface area contributed by atoms with E-state index in [0.717, 1.165) is 5.56 Å². The summed E-state index contributed by atoms with van der Waals surface area (Å²) in [6.45, 7) is 1.78. The number of hydrogen-bond acceptors (Lipinski definition) is 3. The molecule has 0 aromatic heterocycles. The fourth-order valence-corrected chi connectivity index (χ4v) is 1.86. The van der Waals surface area contributed by atoms with E-state index in [4.69, 9.17) is 11.6 Å². The number of hydrogen-bond donors (Lipinski definition) is 0. The van der Waals surface area contributed by atoms with Crippen molar-refractivity contribution in [2.75, 3.05) is 7.11 Å². The van der Waals surface area contributed by atoms with E-state index in [1.807, 2.05) is 6.07 Å². The molecule has 0 saturated carbocycles. The molecule has 0 aliphatic heterocycles. The molecule has 0 radical (unpaired) electrons. The molecule has 0 amide bonds. The van der Waals surface area contributed by atoms with Crippen molar-refractivity contribution < 1.29 is 14.3 Å². The van der Waals surface area contributed by atoms with Gasteiger partial charge in [0, 0.05) is 10.9 Å². The molecule has 1 rings (SSSR count). The Kier molecular flexibility index (Phi) is 4.50. The van der Waals surface area contributed by atoms with Gasteiger partial charge in [0.25, 0.3) is 0 Å². The zero-order valence-corrected chi connectivity index (χ0v) is 9.90. The highest BCUT2D eigenvalue weighted by atomic mass is 35.5. The molecule has 2 unspecified atom stereocenters. The third kappa shape index (κ3) is 2.61. The Hall–Kier alpha value is -1.35. The summed E-state index contributed by atoms with van der Waals surface area (Å²) in [6, 6.07) is 7.14. The summed E-state index contributed by atoms with van der Waals surface area (Å²) >= 11 is 6.00. The van der Waals surface area contributed by atoms with Crippen LogP contribution in [0.25, 0.3) is 0 Å². The van der Waals surface area contributed by atoms with E-state index in [1.165, 1.54) is 7.11 Å². The zero-order chi connectivity index (χ0) is 12.1. The molecule has 1 aromatic rings. The van der Waals surface area contributed by atoms with Crippen LogP contribution in [0.3, 0.4) is 0 Å². The number of ether oxygens (including phenoxy) is 1. The lowest BCUT2D eigenvalue weighted by atomic mass is 9.88. The standard InChI is InChI=1S/C12H13ClO3/c1-8(10(7-14)12(15)16-2)9-5-3-4-6-11(9)13/h3-8,10H,1-2H3. The van der Waals surface area contributed by atoms with Gasteiger partial charge in [0.15, 0.2) is 0 Å². The van der Waals surface area contributed by atoms with Crippen molar-refractivity contribution in [3.8, 4) is 0 Å². The fraction of sp³-hybridized carbons (Fsp3) is 0.333. The van der Waals surface area contributed by atoms with Gasteiger partial charge in [-0.2, -0.15) is 0 Å². The van der Waals surface area contributed by atoms with Gasteiger partial charge in [-0.1, -0.05) is 36.7 Å². The van der Waals surface area contributed by atoms with Crippen LogP contribution in [0.2, 0.25) is 5.02 Å². The second kappa shape index (κ2) is 5.66. The summed E-state index contributed by atoms with van der Waals surface area (Å²) in [5.41, 5.74) is 0.770. The molecule has 4 heteroatoms. The minimum Gasteiger partial charge on any atom is -0.468 e. The van der Waals surface area contributed by atoms with Crippen LogP contribution in [0.15, 0.2) is 24.3 Å². The maximum atomic E-state index is 11.4. The van der Waals surface area contributed by atoms with E-state index in [1.54, 1.807) is 25.1 Å². The maximum absolute atomic E-state index is 11.4. The molecule has 3 nitrogen and oxygen atoms in total. The number of halogens is 1. The lowest BCUT2D eigenvalue weighted by molar-refractivity contribution is -0.147. The van der Waals surface area contributed by atoms with Gasteiger partial charge in [-0.15, -0.1) is 0 Å². The van der Waals surface area contributed by atoms with Gasteiger partial charge in [-0.3, -0.25) is 4.79 Å². The molecular weight excluding hydrogens is 228 g/mol. The third-order valence-corrected chi connectivity index (χ3v) is 2.90. The Labute approximate surface area is 99.4 Å². The smallest absolute Gasteiger partial charge is 0.316 e. The predicted molar refractivity (Wildman–Crippen MR) is 61.4 cm³/mol. The van der Waals surface area contributed by atoms with Gasteiger partial charge in [0.1, 0.15) is 12.2 Å². The summed E-state index contributed by atoms with van der Waals surface area (Å²) in [4.78, 5) is 22.3. The molecule has 2 atom stereocenters. The molecule has 0 aliphatic carbocycles. The predicted octanol–water partition coefficient (Wildman–Crippen LogP) is 2.43. The largest absolute Gasteiger partial charge is 0.468 e. The molecule has 0 N–H and O–H groups in total. The first-order valence-electron chi connectivity index (χ1n) is 4.89. The number of benzene rings is 1. The average Bonchev–Trinajstić information content (AvgIpc) is 2.30. The van der Waals surface area contributed by atoms with Crippen LogP contribution >= 0.6 is 11.6 Å². The second-order valence-corrected chi connectivity index (χ2v) is 3.90. The number of carbonyl (C=O) groups excluding carboxylic acids is 2. The normalized spacial score (nSPS) is 13.9. The monoisotopic (exact) mass is 240 g/mol. The van der Waals surface area contributed by atoms with Crippen LogP contribution in [-0.4, -0.2) is 19.4 Å². The van der Waals surface area contributed by atoms with Gasteiger partial charge in [-0.05, 0) is 11.6 Å². The lowest BCUT2D eigenvalue weighted by Crippen LogP contribution is -2.23. The highest BCUT2D eigenvalue weighted by Gasteiger charge is 2.27. The minimum absolute atomic E-state index is 0.293. The van der Waals surface area contributed by atoms with Crippen LogP contribution in [-0.2, 0) is 14.3 Å². The quantitative estimate of drug-likeness (QED) is 0.461. The number of esters is 1. The first-order valence-corrected chi connectivity index (χ1v) is 5.27. The van der Waals surface area contributed by atoms with Gasteiger partial charge in [0.2, 0.25) is 0 Å². The Bertz CT molecular complexity index is 390. The van der Waals surface area contributed by atoms with Gasteiger partial charge in [0.05, 0.1) is 7.11 Å². The highest BCUT2D eigenvalue weighted by Crippen LogP contribution is 2.29. The minimum atomic E-state index is -0.815. The van der Waals surface area contributed by atoms with E-state index >= 15 is 0 Å². The van der Waals surface area contributed by atoms with Crippen molar-refractivity contribution in [2.45, 2.75) is 12.8 Å². The van der Waals surface area contributed by atoms with Crippen molar-refractivity contribution in [3.63, 3.8) is 0 Å². The van der Waals surface area contributed by atoms with E-state index < -0.39 is 11.9 Å². The number of rotatable bonds is 4. The first kappa shape index (κ1) is 12.7. The van der Waals surface area contributed by atoms with Crippen molar-refractivity contribution in [1.29, 1.82) is 0 Å². The summed E-state index contributed by atoms with van der Waals surface area (Å²) in [7, 11) is 1.26. The summed E-state index contributed by atoms with van der Waals surface area (Å²) in [5, 5.41) is 0.547. The van der Waals surface area contributed by atoms with E-state index in [-0.39, 0.29) is 5.92 Å². The van der Waals surface area contributed by atoms with Crippen molar-refractivity contribution in [3.05, 3.63) is 34.9 Å². The summed E-state index contributed by atoms with van der Waals surface area (Å²) in [5.74, 6) is -1.65. The van der Waals surface area contributed by atoms with Crippen molar-refractivity contribution in [2.24, 2.45) is 5.92 Å². The molecule has 0 bridgehead atoms. The molecule has 0 saturated heterocycles. The SMILES string of the molecule is COC(=O)C(C=O)C(C)c1ccccc1Cl. The molecule has 0 aliphatic rings. The third-order valence-electron chi connectivity index (χ3n) is 2.55. The highest BCUT2D eigenvalue weighted by molar-refractivity contribution is 6.31.